The fourth-order valence-electron chi connectivity index (χ4n) is 2.85. The third-order valence-corrected chi connectivity index (χ3v) is 4.19. The molecule has 0 radical (unpaired) electrons. The molecule has 1 aromatic carbocycles. The van der Waals surface area contributed by atoms with Crippen LogP contribution in [0.4, 0.5) is 0 Å². The molecule has 2 atom stereocenters. The quantitative estimate of drug-likeness (QED) is 0.819. The zero-order valence-electron chi connectivity index (χ0n) is 13.8. The zero-order chi connectivity index (χ0) is 16.7. The van der Waals surface area contributed by atoms with Gasteiger partial charge in [0, 0.05) is 6.04 Å². The summed E-state index contributed by atoms with van der Waals surface area (Å²) in [6.07, 6.45) is 4.50. The molecule has 0 saturated heterocycles. The van der Waals surface area contributed by atoms with Crippen molar-refractivity contribution in [3.05, 3.63) is 29.8 Å². The predicted molar refractivity (Wildman–Crippen MR) is 87.5 cm³/mol. The summed E-state index contributed by atoms with van der Waals surface area (Å²) in [6.45, 7) is 4.38. The Morgan fingerprint density at radius 3 is 2.52 bits per heavy atom. The number of hydrogen-bond donors (Lipinski definition) is 1. The molecule has 1 aliphatic rings. The maximum atomic E-state index is 11.9. The molecule has 0 aliphatic heterocycles. The largest absolute Gasteiger partial charge is 0.494 e. The summed E-state index contributed by atoms with van der Waals surface area (Å²) in [5.41, 5.74) is 0.410. The molecule has 1 fully saturated rings. The van der Waals surface area contributed by atoms with E-state index in [1.54, 1.807) is 24.3 Å². The van der Waals surface area contributed by atoms with Gasteiger partial charge in [0.05, 0.1) is 12.2 Å². The van der Waals surface area contributed by atoms with E-state index in [-0.39, 0.29) is 18.6 Å². The molecule has 2 unspecified atom stereocenters. The highest BCUT2D eigenvalue weighted by Gasteiger charge is 2.23. The van der Waals surface area contributed by atoms with Crippen LogP contribution >= 0.6 is 0 Å². The number of benzene rings is 1. The first kappa shape index (κ1) is 17.3. The van der Waals surface area contributed by atoms with Gasteiger partial charge in [0.15, 0.2) is 6.61 Å². The highest BCUT2D eigenvalue weighted by molar-refractivity contribution is 5.91. The van der Waals surface area contributed by atoms with Gasteiger partial charge in [-0.25, -0.2) is 4.79 Å². The number of carbonyl (C=O) groups is 2. The molecular formula is C18H25NO4. The minimum Gasteiger partial charge on any atom is -0.494 e. The number of ether oxygens (including phenoxy) is 2. The average molecular weight is 319 g/mol. The second-order valence-electron chi connectivity index (χ2n) is 5.97. The van der Waals surface area contributed by atoms with Crippen LogP contribution in [0.15, 0.2) is 24.3 Å². The van der Waals surface area contributed by atoms with E-state index >= 15 is 0 Å². The molecule has 5 heteroatoms. The third-order valence-electron chi connectivity index (χ3n) is 4.19. The summed E-state index contributed by atoms with van der Waals surface area (Å²) in [7, 11) is 0. The number of rotatable bonds is 6. The van der Waals surface area contributed by atoms with Crippen LogP contribution in [-0.2, 0) is 9.53 Å². The minimum absolute atomic E-state index is 0.195. The lowest BCUT2D eigenvalue weighted by molar-refractivity contribution is -0.125. The first-order valence-corrected chi connectivity index (χ1v) is 8.29. The smallest absolute Gasteiger partial charge is 0.338 e. The zero-order valence-corrected chi connectivity index (χ0v) is 13.8. The molecular weight excluding hydrogens is 294 g/mol. The Bertz CT molecular complexity index is 526. The highest BCUT2D eigenvalue weighted by Crippen LogP contribution is 2.23. The van der Waals surface area contributed by atoms with Crippen molar-refractivity contribution < 1.29 is 19.1 Å². The summed E-state index contributed by atoms with van der Waals surface area (Å²) in [5.74, 6) is 0.450. The average Bonchev–Trinajstić information content (AvgIpc) is 2.56. The van der Waals surface area contributed by atoms with Crippen LogP contribution in [0.1, 0.15) is 49.9 Å². The Morgan fingerprint density at radius 2 is 1.87 bits per heavy atom. The van der Waals surface area contributed by atoms with Gasteiger partial charge in [-0.2, -0.15) is 0 Å². The van der Waals surface area contributed by atoms with Gasteiger partial charge in [-0.15, -0.1) is 0 Å². The molecule has 23 heavy (non-hydrogen) atoms. The third kappa shape index (κ3) is 5.27. The van der Waals surface area contributed by atoms with Gasteiger partial charge in [0.1, 0.15) is 5.75 Å². The molecule has 0 heterocycles. The molecule has 0 bridgehead atoms. The number of hydrogen-bond acceptors (Lipinski definition) is 4. The molecule has 1 N–H and O–H groups in total. The van der Waals surface area contributed by atoms with Crippen molar-refractivity contribution >= 4 is 11.9 Å². The summed E-state index contributed by atoms with van der Waals surface area (Å²) >= 11 is 0. The fraction of sp³-hybridized carbons (Fsp3) is 0.556. The monoisotopic (exact) mass is 319 g/mol. The van der Waals surface area contributed by atoms with Crippen LogP contribution in [0.2, 0.25) is 0 Å². The first-order valence-electron chi connectivity index (χ1n) is 8.29. The number of carbonyl (C=O) groups excluding carboxylic acids is 2. The summed E-state index contributed by atoms with van der Waals surface area (Å²) in [5, 5.41) is 2.97. The lowest BCUT2D eigenvalue weighted by Crippen LogP contribution is -2.42. The summed E-state index contributed by atoms with van der Waals surface area (Å²) in [6, 6.07) is 6.89. The molecule has 1 aromatic rings. The van der Waals surface area contributed by atoms with Crippen molar-refractivity contribution in [2.45, 2.75) is 45.6 Å². The van der Waals surface area contributed by atoms with Gasteiger partial charge in [0.25, 0.3) is 5.91 Å². The van der Waals surface area contributed by atoms with Crippen LogP contribution in [-0.4, -0.2) is 31.1 Å². The molecule has 1 saturated carbocycles. The Kier molecular flexibility index (Phi) is 6.44. The van der Waals surface area contributed by atoms with Crippen molar-refractivity contribution in [1.29, 1.82) is 0 Å². The minimum atomic E-state index is -0.500. The standard InChI is InChI=1S/C18H25NO4/c1-3-22-15-10-8-14(9-11-15)18(21)23-12-17(20)19-16-7-5-4-6-13(16)2/h8-11,13,16H,3-7,12H2,1-2H3,(H,19,20). The van der Waals surface area contributed by atoms with Crippen molar-refractivity contribution in [2.24, 2.45) is 5.92 Å². The topological polar surface area (TPSA) is 64.6 Å². The fourth-order valence-corrected chi connectivity index (χ4v) is 2.85. The van der Waals surface area contributed by atoms with Crippen LogP contribution in [0.5, 0.6) is 5.75 Å². The Labute approximate surface area is 137 Å². The van der Waals surface area contributed by atoms with Crippen molar-refractivity contribution in [3.8, 4) is 5.75 Å². The maximum Gasteiger partial charge on any atom is 0.338 e. The van der Waals surface area contributed by atoms with E-state index in [1.165, 1.54) is 6.42 Å². The van der Waals surface area contributed by atoms with Gasteiger partial charge in [0.2, 0.25) is 0 Å². The molecule has 126 valence electrons. The van der Waals surface area contributed by atoms with E-state index in [1.807, 2.05) is 6.92 Å². The van der Waals surface area contributed by atoms with E-state index in [2.05, 4.69) is 12.2 Å². The first-order chi connectivity index (χ1) is 11.1. The summed E-state index contributed by atoms with van der Waals surface area (Å²) < 4.78 is 10.4. The molecule has 1 aliphatic carbocycles. The number of nitrogens with one attached hydrogen (secondary N) is 1. The van der Waals surface area contributed by atoms with Gasteiger partial charge >= 0.3 is 5.97 Å². The van der Waals surface area contributed by atoms with Crippen LogP contribution in [0, 0.1) is 5.92 Å². The van der Waals surface area contributed by atoms with Crippen molar-refractivity contribution in [3.63, 3.8) is 0 Å². The maximum absolute atomic E-state index is 11.9. The molecule has 1 amide bonds. The van der Waals surface area contributed by atoms with Crippen molar-refractivity contribution in [2.75, 3.05) is 13.2 Å². The number of esters is 1. The van der Waals surface area contributed by atoms with Gasteiger partial charge in [-0.3, -0.25) is 4.79 Å². The lowest BCUT2D eigenvalue weighted by atomic mass is 9.86. The Balaban J connectivity index is 1.77. The molecule has 2 rings (SSSR count). The van der Waals surface area contributed by atoms with Gasteiger partial charge in [-0.05, 0) is 49.9 Å². The van der Waals surface area contributed by atoms with E-state index in [0.29, 0.717) is 23.8 Å². The second kappa shape index (κ2) is 8.56. The normalized spacial score (nSPS) is 20.6. The Morgan fingerprint density at radius 1 is 1.17 bits per heavy atom. The predicted octanol–water partition coefficient (Wildman–Crippen LogP) is 2.94. The van der Waals surface area contributed by atoms with Crippen LogP contribution in [0.25, 0.3) is 0 Å². The van der Waals surface area contributed by atoms with Gasteiger partial charge < -0.3 is 14.8 Å². The number of amides is 1. The van der Waals surface area contributed by atoms with Crippen molar-refractivity contribution in [1.82, 2.24) is 5.32 Å². The molecule has 0 aromatic heterocycles. The second-order valence-corrected chi connectivity index (χ2v) is 5.97. The van der Waals surface area contributed by atoms with E-state index in [9.17, 15) is 9.59 Å². The lowest BCUT2D eigenvalue weighted by Gasteiger charge is -2.29. The molecule has 0 spiro atoms. The van der Waals surface area contributed by atoms with E-state index in [0.717, 1.165) is 19.3 Å². The SMILES string of the molecule is CCOc1ccc(C(=O)OCC(=O)NC2CCCCC2C)cc1. The van der Waals surface area contributed by atoms with Crippen LogP contribution in [0.3, 0.4) is 0 Å². The highest BCUT2D eigenvalue weighted by atomic mass is 16.5. The van der Waals surface area contributed by atoms with E-state index < -0.39 is 5.97 Å². The Hall–Kier alpha value is -2.04. The molecule has 5 nitrogen and oxygen atoms in total. The van der Waals surface area contributed by atoms with Gasteiger partial charge in [-0.1, -0.05) is 19.8 Å². The van der Waals surface area contributed by atoms with E-state index in [4.69, 9.17) is 9.47 Å². The van der Waals surface area contributed by atoms with Crippen LogP contribution < -0.4 is 10.1 Å². The summed E-state index contributed by atoms with van der Waals surface area (Å²) in [4.78, 5) is 23.9.